The summed E-state index contributed by atoms with van der Waals surface area (Å²) in [5.74, 6) is 1.04. The molecule has 3 amide bonds. The summed E-state index contributed by atoms with van der Waals surface area (Å²) in [6.45, 7) is 5.81. The van der Waals surface area contributed by atoms with Crippen molar-refractivity contribution in [2.45, 2.75) is 32.9 Å². The molecule has 2 aromatic rings. The predicted octanol–water partition coefficient (Wildman–Crippen LogP) is 3.59. The topological polar surface area (TPSA) is 90.9 Å². The summed E-state index contributed by atoms with van der Waals surface area (Å²) in [7, 11) is 5.41. The second-order valence-electron chi connectivity index (χ2n) is 8.06. The van der Waals surface area contributed by atoms with Gasteiger partial charge < -0.3 is 14.5 Å². The molecule has 0 fully saturated rings. The fraction of sp³-hybridized carbons (Fsp3) is 0.400. The van der Waals surface area contributed by atoms with Crippen LogP contribution in [0.2, 0.25) is 0 Å². The van der Waals surface area contributed by atoms with E-state index in [2.05, 4.69) is 15.3 Å². The number of carbonyl (C=O) groups is 2. The zero-order valence-electron chi connectivity index (χ0n) is 17.6. The Morgan fingerprint density at radius 2 is 2.00 bits per heavy atom. The molecule has 154 valence electrons. The lowest BCUT2D eigenvalue weighted by Gasteiger charge is -2.34. The molecule has 0 bridgehead atoms. The van der Waals surface area contributed by atoms with Gasteiger partial charge >= 0.3 is 12.1 Å². The number of carbonyl (C=O) groups excluding carboxylic acids is 2. The molecule has 0 saturated heterocycles. The van der Waals surface area contributed by atoms with Crippen LogP contribution in [0.15, 0.2) is 30.5 Å². The minimum atomic E-state index is -0.605. The molecular formula is C20H26N6O3. The minimum Gasteiger partial charge on any atom is -0.444 e. The molecule has 9 heteroatoms. The Kier molecular flexibility index (Phi) is 5.32. The molecule has 2 heterocycles. The Hall–Kier alpha value is -3.36. The molecule has 1 aliphatic rings. The molecule has 1 N–H and O–H groups in total. The van der Waals surface area contributed by atoms with Gasteiger partial charge in [0.05, 0.1) is 12.2 Å². The van der Waals surface area contributed by atoms with Crippen LogP contribution in [0.25, 0.3) is 0 Å². The van der Waals surface area contributed by atoms with Gasteiger partial charge in [0.1, 0.15) is 5.60 Å². The molecular weight excluding hydrogens is 372 g/mol. The first-order chi connectivity index (χ1) is 13.5. The van der Waals surface area contributed by atoms with E-state index in [0.29, 0.717) is 29.7 Å². The maximum Gasteiger partial charge on any atom is 0.412 e. The van der Waals surface area contributed by atoms with E-state index in [9.17, 15) is 9.59 Å². The monoisotopic (exact) mass is 398 g/mol. The Morgan fingerprint density at radius 3 is 2.66 bits per heavy atom. The number of fused-ring (bicyclic) bond motifs is 1. The number of urea groups is 1. The lowest BCUT2D eigenvalue weighted by atomic mass is 10.2. The smallest absolute Gasteiger partial charge is 0.412 e. The maximum absolute atomic E-state index is 13.0. The van der Waals surface area contributed by atoms with Crippen LogP contribution in [-0.4, -0.2) is 53.7 Å². The van der Waals surface area contributed by atoms with Gasteiger partial charge in [0.25, 0.3) is 0 Å². The molecule has 0 unspecified atom stereocenters. The molecule has 0 atom stereocenters. The Bertz CT molecular complexity index is 938. The Morgan fingerprint density at radius 1 is 1.28 bits per heavy atom. The SMILES string of the molecule is CN1Cc2cnc(N(C)C)nc2N(c2cccc(NC(=O)OC(C)(C)C)c2)C1=O. The van der Waals surface area contributed by atoms with Crippen LogP contribution in [0.4, 0.5) is 32.7 Å². The summed E-state index contributed by atoms with van der Waals surface area (Å²) in [4.78, 5) is 38.9. The normalized spacial score (nSPS) is 13.8. The van der Waals surface area contributed by atoms with Gasteiger partial charge in [-0.05, 0) is 39.0 Å². The summed E-state index contributed by atoms with van der Waals surface area (Å²) in [6, 6.07) is 6.78. The van der Waals surface area contributed by atoms with Crippen molar-refractivity contribution in [2.75, 3.05) is 36.3 Å². The number of hydrogen-bond donors (Lipinski definition) is 1. The zero-order chi connectivity index (χ0) is 21.3. The lowest BCUT2D eigenvalue weighted by Crippen LogP contribution is -2.43. The number of benzene rings is 1. The average Bonchev–Trinajstić information content (AvgIpc) is 2.61. The summed E-state index contributed by atoms with van der Waals surface area (Å²) in [6.07, 6.45) is 1.17. The highest BCUT2D eigenvalue weighted by Gasteiger charge is 2.32. The number of nitrogens with zero attached hydrogens (tertiary/aromatic N) is 5. The van der Waals surface area contributed by atoms with Gasteiger partial charge in [0.2, 0.25) is 5.95 Å². The molecule has 29 heavy (non-hydrogen) atoms. The van der Waals surface area contributed by atoms with Crippen molar-refractivity contribution >= 4 is 35.3 Å². The fourth-order valence-electron chi connectivity index (χ4n) is 2.87. The first kappa shape index (κ1) is 20.4. The number of amides is 3. The summed E-state index contributed by atoms with van der Waals surface area (Å²) < 4.78 is 5.30. The van der Waals surface area contributed by atoms with E-state index < -0.39 is 11.7 Å². The van der Waals surface area contributed by atoms with Gasteiger partial charge in [-0.1, -0.05) is 6.07 Å². The highest BCUT2D eigenvalue weighted by Crippen LogP contribution is 2.34. The van der Waals surface area contributed by atoms with E-state index in [1.165, 1.54) is 4.90 Å². The molecule has 1 aromatic heterocycles. The first-order valence-corrected chi connectivity index (χ1v) is 9.24. The highest BCUT2D eigenvalue weighted by molar-refractivity contribution is 6.01. The number of nitrogens with one attached hydrogen (secondary N) is 1. The van der Waals surface area contributed by atoms with E-state index in [0.717, 1.165) is 5.56 Å². The standard InChI is InChI=1S/C20H26N6O3/c1-20(2,3)29-18(27)22-14-8-7-9-15(10-14)26-16-13(12-25(6)19(26)28)11-21-17(23-16)24(4)5/h7-11H,12H2,1-6H3,(H,22,27). The third-order valence-electron chi connectivity index (χ3n) is 4.12. The van der Waals surface area contributed by atoms with Gasteiger partial charge in [-0.15, -0.1) is 0 Å². The molecule has 0 radical (unpaired) electrons. The third-order valence-corrected chi connectivity index (χ3v) is 4.12. The number of ether oxygens (including phenoxy) is 1. The van der Waals surface area contributed by atoms with Crippen molar-refractivity contribution < 1.29 is 14.3 Å². The van der Waals surface area contributed by atoms with Crippen molar-refractivity contribution in [1.29, 1.82) is 0 Å². The Labute approximate surface area is 170 Å². The van der Waals surface area contributed by atoms with Gasteiger partial charge in [0.15, 0.2) is 5.82 Å². The molecule has 0 aliphatic carbocycles. The number of hydrogen-bond acceptors (Lipinski definition) is 6. The summed E-state index contributed by atoms with van der Waals surface area (Å²) >= 11 is 0. The van der Waals surface area contributed by atoms with E-state index in [4.69, 9.17) is 4.74 Å². The van der Waals surface area contributed by atoms with Crippen molar-refractivity contribution in [3.63, 3.8) is 0 Å². The molecule has 0 spiro atoms. The first-order valence-electron chi connectivity index (χ1n) is 9.24. The molecule has 3 rings (SSSR count). The summed E-state index contributed by atoms with van der Waals surface area (Å²) in [5.41, 5.74) is 1.33. The van der Waals surface area contributed by atoms with Crippen molar-refractivity contribution in [2.24, 2.45) is 0 Å². The zero-order valence-corrected chi connectivity index (χ0v) is 17.6. The lowest BCUT2D eigenvalue weighted by molar-refractivity contribution is 0.0636. The Balaban J connectivity index is 1.97. The molecule has 1 aromatic carbocycles. The number of rotatable bonds is 3. The highest BCUT2D eigenvalue weighted by atomic mass is 16.6. The second kappa shape index (κ2) is 7.57. The maximum atomic E-state index is 13.0. The van der Waals surface area contributed by atoms with E-state index in [1.54, 1.807) is 68.1 Å². The third kappa shape index (κ3) is 4.56. The van der Waals surface area contributed by atoms with Crippen molar-refractivity contribution in [1.82, 2.24) is 14.9 Å². The van der Waals surface area contributed by atoms with Gasteiger partial charge in [0, 0.05) is 38.6 Å². The van der Waals surface area contributed by atoms with Crippen LogP contribution in [0.3, 0.4) is 0 Å². The minimum absolute atomic E-state index is 0.213. The van der Waals surface area contributed by atoms with E-state index >= 15 is 0 Å². The van der Waals surface area contributed by atoms with Crippen LogP contribution in [0, 0.1) is 0 Å². The summed E-state index contributed by atoms with van der Waals surface area (Å²) in [5, 5.41) is 2.70. The largest absolute Gasteiger partial charge is 0.444 e. The number of aromatic nitrogens is 2. The van der Waals surface area contributed by atoms with Crippen LogP contribution in [0.5, 0.6) is 0 Å². The predicted molar refractivity (Wildman–Crippen MR) is 112 cm³/mol. The average molecular weight is 398 g/mol. The molecule has 1 aliphatic heterocycles. The molecule has 0 saturated carbocycles. The van der Waals surface area contributed by atoms with Gasteiger partial charge in [-0.2, -0.15) is 4.98 Å². The quantitative estimate of drug-likeness (QED) is 0.850. The van der Waals surface area contributed by atoms with Crippen LogP contribution in [0.1, 0.15) is 26.3 Å². The van der Waals surface area contributed by atoms with Crippen LogP contribution >= 0.6 is 0 Å². The fourth-order valence-corrected chi connectivity index (χ4v) is 2.87. The van der Waals surface area contributed by atoms with Crippen molar-refractivity contribution in [3.8, 4) is 0 Å². The van der Waals surface area contributed by atoms with E-state index in [-0.39, 0.29) is 6.03 Å². The van der Waals surface area contributed by atoms with Crippen molar-refractivity contribution in [3.05, 3.63) is 36.0 Å². The second-order valence-corrected chi connectivity index (χ2v) is 8.06. The number of anilines is 4. The molecule has 9 nitrogen and oxygen atoms in total. The van der Waals surface area contributed by atoms with E-state index in [1.807, 2.05) is 14.1 Å². The van der Waals surface area contributed by atoms with Crippen LogP contribution in [-0.2, 0) is 11.3 Å². The van der Waals surface area contributed by atoms with Crippen LogP contribution < -0.4 is 15.1 Å². The van der Waals surface area contributed by atoms with Gasteiger partial charge in [-0.3, -0.25) is 5.32 Å². The van der Waals surface area contributed by atoms with Gasteiger partial charge in [-0.25, -0.2) is 19.5 Å².